The van der Waals surface area contributed by atoms with Crippen molar-refractivity contribution in [3.63, 3.8) is 0 Å². The Morgan fingerprint density at radius 1 is 0.925 bits per heavy atom. The fourth-order valence-electron chi connectivity index (χ4n) is 4.86. The van der Waals surface area contributed by atoms with Crippen molar-refractivity contribution in [3.8, 4) is 0 Å². The van der Waals surface area contributed by atoms with Crippen LogP contribution in [-0.2, 0) is 23.7 Å². The molecule has 40 heavy (non-hydrogen) atoms. The van der Waals surface area contributed by atoms with Crippen molar-refractivity contribution in [1.82, 2.24) is 5.32 Å². The fourth-order valence-corrected chi connectivity index (χ4v) is 4.86. The van der Waals surface area contributed by atoms with Crippen LogP contribution in [0.4, 0.5) is 0 Å². The Bertz CT molecular complexity index is 1020. The van der Waals surface area contributed by atoms with E-state index in [2.05, 4.69) is 5.32 Å². The van der Waals surface area contributed by atoms with Crippen LogP contribution in [0.5, 0.6) is 0 Å². The Kier molecular flexibility index (Phi) is 9.48. The van der Waals surface area contributed by atoms with Crippen molar-refractivity contribution in [2.24, 2.45) is 22.9 Å². The topological polar surface area (TPSA) is 332 Å². The number of amides is 1. The van der Waals surface area contributed by atoms with Crippen molar-refractivity contribution >= 4 is 5.91 Å². The smallest absolute Gasteiger partial charge is 0.249 e. The van der Waals surface area contributed by atoms with Crippen molar-refractivity contribution in [2.45, 2.75) is 111 Å². The van der Waals surface area contributed by atoms with Gasteiger partial charge in [0.25, 0.3) is 0 Å². The monoisotopic (exact) mass is 590 g/mol. The summed E-state index contributed by atoms with van der Waals surface area (Å²) in [4.78, 5) is 13.0. The molecule has 16 atom stereocenters. The highest BCUT2D eigenvalue weighted by molar-refractivity contribution is 5.80. The van der Waals surface area contributed by atoms with Crippen LogP contribution in [-0.4, -0.2) is 164 Å². The molecule has 0 aromatic heterocycles. The van der Waals surface area contributed by atoms with Gasteiger partial charge in [-0.15, -0.1) is 0 Å². The maximum absolute atomic E-state index is 13.0. The number of carbonyl (C=O) groups excluding carboxylic acids is 1. The van der Waals surface area contributed by atoms with E-state index in [1.807, 2.05) is 0 Å². The lowest BCUT2D eigenvalue weighted by molar-refractivity contribution is -0.332. The number of nitrogens with two attached hydrogens (primary N) is 4. The molecule has 1 amide bonds. The zero-order valence-electron chi connectivity index (χ0n) is 26.2. The average Bonchev–Trinajstić information content (AvgIpc) is 2.96. The molecule has 0 aromatic rings. The number of hydrogen-bond donors (Lipinski definition) is 13. The van der Waals surface area contributed by atoms with E-state index < -0.39 is 130 Å². The van der Waals surface area contributed by atoms with Crippen molar-refractivity contribution in [3.05, 3.63) is 0 Å². The van der Waals surface area contributed by atoms with Gasteiger partial charge in [-0.3, -0.25) is 4.79 Å². The highest BCUT2D eigenvalue weighted by Crippen LogP contribution is 2.32. The SMILES string of the molecule is [2H]C([2H])(N)C([2H])([2H])[C@@]([2H])(O)C(=O)N[C@H]1C[C@H](N)[C@H](O[C@@H]2OC(CN)[C@H](O)[C@@H](O)C2O)C(O)C1O[C@@H]1OC(CO)[C@H](O)[C@@H](N)C1O. The third-order valence-electron chi connectivity index (χ3n) is 7.16. The van der Waals surface area contributed by atoms with Gasteiger partial charge in [-0.05, 0) is 19.3 Å². The Morgan fingerprint density at radius 3 is 2.12 bits per heavy atom. The fraction of sp³-hybridized carbons (Fsp3) is 0.955. The summed E-state index contributed by atoms with van der Waals surface area (Å²) in [7, 11) is 0. The molecule has 234 valence electrons. The summed E-state index contributed by atoms with van der Waals surface area (Å²) in [5.74, 6) is -1.83. The number of nitrogens with one attached hydrogen (secondary N) is 1. The van der Waals surface area contributed by atoms with E-state index in [1.165, 1.54) is 0 Å². The summed E-state index contributed by atoms with van der Waals surface area (Å²) in [5.41, 5.74) is 22.7. The first-order valence-electron chi connectivity index (χ1n) is 15.0. The van der Waals surface area contributed by atoms with Gasteiger partial charge in [-0.1, -0.05) is 0 Å². The molecule has 17 N–H and O–H groups in total. The molecule has 6 unspecified atom stereocenters. The largest absolute Gasteiger partial charge is 0.394 e. The first kappa shape index (κ1) is 26.5. The summed E-state index contributed by atoms with van der Waals surface area (Å²) in [6.07, 6.45) is -28.2. The van der Waals surface area contributed by atoms with Crippen LogP contribution >= 0.6 is 0 Å². The second-order valence-electron chi connectivity index (χ2n) is 9.82. The normalized spacial score (nSPS) is 50.4. The third kappa shape index (κ3) is 7.06. The third-order valence-corrected chi connectivity index (χ3v) is 7.16. The van der Waals surface area contributed by atoms with Gasteiger partial charge in [0.1, 0.15) is 67.1 Å². The molecule has 0 spiro atoms. The number of hydrogen-bond acceptors (Lipinski definition) is 17. The van der Waals surface area contributed by atoms with Gasteiger partial charge in [-0.25, -0.2) is 0 Å². The van der Waals surface area contributed by atoms with Crippen molar-refractivity contribution in [1.29, 1.82) is 0 Å². The van der Waals surface area contributed by atoms with Crippen LogP contribution in [0.1, 0.15) is 19.6 Å². The zero-order chi connectivity index (χ0) is 34.4. The minimum absolute atomic E-state index is 0.316. The van der Waals surface area contributed by atoms with Crippen LogP contribution in [0.25, 0.3) is 0 Å². The molecule has 1 aliphatic carbocycles. The quantitative estimate of drug-likeness (QED) is 0.112. The molecule has 0 bridgehead atoms. The predicted molar refractivity (Wildman–Crippen MR) is 131 cm³/mol. The Morgan fingerprint density at radius 2 is 1.52 bits per heavy atom. The second kappa shape index (κ2) is 14.3. The van der Waals surface area contributed by atoms with E-state index in [0.717, 1.165) is 0 Å². The van der Waals surface area contributed by atoms with Crippen molar-refractivity contribution in [2.75, 3.05) is 19.6 Å². The van der Waals surface area contributed by atoms with Gasteiger partial charge in [-0.2, -0.15) is 0 Å². The second-order valence-corrected chi connectivity index (χ2v) is 9.82. The van der Waals surface area contributed by atoms with Gasteiger partial charge in [0.05, 0.1) is 20.1 Å². The number of aliphatic hydroxyl groups is 8. The maximum Gasteiger partial charge on any atom is 0.249 e. The van der Waals surface area contributed by atoms with Gasteiger partial charge < -0.3 is 88.1 Å². The summed E-state index contributed by atoms with van der Waals surface area (Å²) in [6, 6.07) is -4.34. The standard InChI is InChI=1S/C22H43N5O13/c23-2-1-8(29)20(36)27-7-3-6(25)18(39-22-16(34)15(33)13(31)9(4-24)37-22)17(35)19(7)40-21-14(32)11(26)12(30)10(5-28)38-21/h6-19,21-22,28-35H,1-5,23-26H2,(H,27,36)/t6-,7-,8+,9?,10?,11+,12-,13-,14?,15+,16?,17?,18-,19?,21-,22-/m0/s1/i1D2,2D2,8D. The van der Waals surface area contributed by atoms with Crippen LogP contribution < -0.4 is 28.3 Å². The number of ether oxygens (including phenoxy) is 4. The van der Waals surface area contributed by atoms with E-state index in [9.17, 15) is 45.6 Å². The molecular weight excluding hydrogens is 542 g/mol. The van der Waals surface area contributed by atoms with Gasteiger partial charge in [0, 0.05) is 18.1 Å². The number of aliphatic hydroxyl groups excluding tert-OH is 7. The van der Waals surface area contributed by atoms with Gasteiger partial charge in [0.2, 0.25) is 5.91 Å². The van der Waals surface area contributed by atoms with E-state index in [0.29, 0.717) is 0 Å². The van der Waals surface area contributed by atoms with E-state index in [-0.39, 0.29) is 6.54 Å². The Labute approximate surface area is 236 Å². The maximum atomic E-state index is 13.0. The lowest BCUT2D eigenvalue weighted by Gasteiger charge is -2.49. The van der Waals surface area contributed by atoms with Crippen LogP contribution in [0.2, 0.25) is 0 Å². The molecule has 0 radical (unpaired) electrons. The molecule has 2 heterocycles. The molecular formula is C22H43N5O13. The lowest BCUT2D eigenvalue weighted by Crippen LogP contribution is -2.69. The molecule has 3 aliphatic rings. The van der Waals surface area contributed by atoms with Crippen LogP contribution in [0.15, 0.2) is 0 Å². The minimum atomic E-state index is -3.86. The number of rotatable bonds is 10. The van der Waals surface area contributed by atoms with Crippen LogP contribution in [0.3, 0.4) is 0 Å². The summed E-state index contributed by atoms with van der Waals surface area (Å²) in [6.45, 7) is -4.50. The van der Waals surface area contributed by atoms with E-state index in [1.54, 1.807) is 0 Å². The van der Waals surface area contributed by atoms with Gasteiger partial charge >= 0.3 is 0 Å². The predicted octanol–water partition coefficient (Wildman–Crippen LogP) is -8.42. The Hall–Kier alpha value is -1.17. The van der Waals surface area contributed by atoms with Gasteiger partial charge in [0.15, 0.2) is 12.6 Å². The molecule has 2 saturated heterocycles. The molecule has 18 heteroatoms. The molecule has 18 nitrogen and oxygen atoms in total. The summed E-state index contributed by atoms with van der Waals surface area (Å²) >= 11 is 0. The number of carbonyl (C=O) groups is 1. The zero-order valence-corrected chi connectivity index (χ0v) is 21.2. The molecule has 3 rings (SSSR count). The summed E-state index contributed by atoms with van der Waals surface area (Å²) in [5, 5.41) is 85.0. The summed E-state index contributed by atoms with van der Waals surface area (Å²) < 4.78 is 60.6. The first-order valence-corrected chi connectivity index (χ1v) is 12.5. The first-order chi connectivity index (χ1) is 20.6. The van der Waals surface area contributed by atoms with E-state index >= 15 is 0 Å². The van der Waals surface area contributed by atoms with Crippen LogP contribution in [0, 0.1) is 0 Å². The lowest BCUT2D eigenvalue weighted by atomic mass is 9.83. The molecule has 2 aliphatic heterocycles. The highest BCUT2D eigenvalue weighted by Gasteiger charge is 2.52. The minimum Gasteiger partial charge on any atom is -0.394 e. The van der Waals surface area contributed by atoms with Crippen molar-refractivity contribution < 1.29 is 71.4 Å². The van der Waals surface area contributed by atoms with E-state index in [4.69, 9.17) is 48.7 Å². The molecule has 3 fully saturated rings. The highest BCUT2D eigenvalue weighted by atomic mass is 16.7. The Balaban J connectivity index is 1.94. The average molecular weight is 591 g/mol. The molecule has 1 saturated carbocycles. The molecule has 0 aromatic carbocycles.